The molecule has 137 heavy (non-hydrogen) atoms. The third kappa shape index (κ3) is 10.7. The van der Waals surface area contributed by atoms with E-state index in [0.717, 1.165) is 134 Å². The third-order valence-corrected chi connectivity index (χ3v) is 31.2. The maximum atomic E-state index is 2.77. The molecule has 4 aliphatic carbocycles. The van der Waals surface area contributed by atoms with Gasteiger partial charge in [0.25, 0.3) is 6.71 Å². The first kappa shape index (κ1) is 77.5. The van der Waals surface area contributed by atoms with Crippen LogP contribution in [-0.4, -0.2) is 15.8 Å². The lowest BCUT2D eigenvalue weighted by atomic mass is 9.33. The summed E-state index contributed by atoms with van der Waals surface area (Å²) in [5.74, 6) is 0. The van der Waals surface area contributed by atoms with Crippen LogP contribution in [0.4, 0.5) is 34.1 Å². The van der Waals surface area contributed by atoms with Crippen LogP contribution in [0.3, 0.4) is 0 Å². The highest BCUT2D eigenvalue weighted by Crippen LogP contribution is 2.68. The monoisotopic (exact) mass is 1740 g/mol. The predicted molar refractivity (Wildman–Crippen MR) is 573 cm³/mol. The molecule has 0 unspecified atom stereocenters. The number of rotatable bonds is 10. The summed E-state index contributed by atoms with van der Waals surface area (Å²) in [6, 6.07) is 182. The molecule has 2 aliphatic heterocycles. The fourth-order valence-corrected chi connectivity index (χ4v) is 25.7. The van der Waals surface area contributed by atoms with Crippen molar-refractivity contribution >= 4 is 101 Å². The van der Waals surface area contributed by atoms with Gasteiger partial charge in [0.2, 0.25) is 0 Å². The number of para-hydroxylation sites is 2. The quantitative estimate of drug-likeness (QED) is 0.127. The molecule has 0 saturated heterocycles. The van der Waals surface area contributed by atoms with E-state index in [-0.39, 0.29) is 6.71 Å². The average Bonchev–Trinajstić information content (AvgIpc) is 1.52. The lowest BCUT2D eigenvalue weighted by Gasteiger charge is -2.46. The lowest BCUT2D eigenvalue weighted by Crippen LogP contribution is -2.61. The average molecular weight is 1740 g/mol. The highest BCUT2D eigenvalue weighted by Gasteiger charge is 2.56. The van der Waals surface area contributed by atoms with Gasteiger partial charge in [0, 0.05) is 77.9 Å². The maximum absolute atomic E-state index is 2.77. The van der Waals surface area contributed by atoms with Gasteiger partial charge in [0.15, 0.2) is 0 Å². The Morgan fingerprint density at radius 2 is 0.489 bits per heavy atom. The van der Waals surface area contributed by atoms with Crippen LogP contribution in [0, 0.1) is 0 Å². The Bertz CT molecular complexity index is 8310. The van der Waals surface area contributed by atoms with Crippen molar-refractivity contribution in [1.29, 1.82) is 0 Å². The van der Waals surface area contributed by atoms with Crippen LogP contribution in [0.2, 0.25) is 0 Å². The predicted octanol–water partition coefficient (Wildman–Crippen LogP) is 31.9. The minimum Gasteiger partial charge on any atom is -0.310 e. The molecular weight excluding hydrogens is 1650 g/mol. The Kier molecular flexibility index (Phi) is 16.5. The van der Waals surface area contributed by atoms with E-state index in [1.807, 2.05) is 0 Å². The molecule has 0 saturated carbocycles. The zero-order chi connectivity index (χ0) is 90.3. The Balaban J connectivity index is 0.763. The van der Waals surface area contributed by atoms with E-state index in [2.05, 4.69) is 513 Å². The number of hydrogen-bond acceptors (Lipinski definition) is 2. The summed E-state index contributed by atoms with van der Waals surface area (Å²) in [5.41, 5.74) is 50.9. The maximum Gasteiger partial charge on any atom is 0.252 e. The summed E-state index contributed by atoms with van der Waals surface area (Å²) in [4.78, 5) is 5.53. The van der Waals surface area contributed by atoms with Crippen LogP contribution in [0.5, 0.6) is 0 Å². The van der Waals surface area contributed by atoms with Crippen LogP contribution in [0.15, 0.2) is 473 Å². The highest BCUT2D eigenvalue weighted by atomic mass is 15.2. The van der Waals surface area contributed by atoms with Crippen molar-refractivity contribution in [2.75, 3.05) is 9.80 Å². The van der Waals surface area contributed by atoms with E-state index in [1.165, 1.54) is 133 Å². The van der Waals surface area contributed by atoms with Crippen molar-refractivity contribution in [3.63, 3.8) is 0 Å². The summed E-state index contributed by atoms with van der Waals surface area (Å²) < 4.78 is 5.25. The van der Waals surface area contributed by atoms with Gasteiger partial charge in [-0.25, -0.2) is 0 Å². The van der Waals surface area contributed by atoms with Gasteiger partial charge >= 0.3 is 0 Å². The van der Waals surface area contributed by atoms with Gasteiger partial charge in [-0.2, -0.15) is 0 Å². The first-order valence-corrected chi connectivity index (χ1v) is 48.1. The van der Waals surface area contributed by atoms with Crippen molar-refractivity contribution in [2.45, 2.75) is 37.0 Å². The van der Waals surface area contributed by atoms with E-state index in [1.54, 1.807) is 0 Å². The molecule has 5 heteroatoms. The summed E-state index contributed by atoms with van der Waals surface area (Å²) in [7, 11) is 0. The molecule has 4 heterocycles. The van der Waals surface area contributed by atoms with Crippen molar-refractivity contribution in [3.05, 3.63) is 523 Å². The number of nitrogens with zero attached hydrogens (tertiary/aromatic N) is 4. The van der Waals surface area contributed by atoms with Crippen molar-refractivity contribution in [3.8, 4) is 123 Å². The molecule has 4 nitrogen and oxygen atoms in total. The summed E-state index contributed by atoms with van der Waals surface area (Å²) in [6.07, 6.45) is 0. The molecule has 0 fully saturated rings. The zero-order valence-electron chi connectivity index (χ0n) is 75.9. The van der Waals surface area contributed by atoms with E-state index in [4.69, 9.17) is 0 Å². The Morgan fingerprint density at radius 1 is 0.212 bits per heavy atom. The number of hydrogen-bond donors (Lipinski definition) is 0. The normalized spacial score (nSPS) is 13.7. The number of fused-ring (bicyclic) bond motifs is 32. The SMILES string of the molecule is CC(C)(C)c1cc2c3c(c1)N(c1c(-c4ccccc4)cc(-c4ccccc4)cc1-c1ccccc1)c1cc(-n4c5ccccc5c5c6c(ccc54)-c4ccccc4C64c5ccccc5-c5ccccc54)ccc1B3c1ccc(-n3c4ccccc4c4c5c(ccc43)-c3ccccc3C53c4ccccc4-c4ccccc43)cc1N2c1c(-c2ccccc2)cc(-c2ccccc2)cc1-c1ccccc1. The fourth-order valence-electron chi connectivity index (χ4n) is 25.7. The Morgan fingerprint density at radius 3 is 0.803 bits per heavy atom. The smallest absolute Gasteiger partial charge is 0.252 e. The minimum absolute atomic E-state index is 0.355. The van der Waals surface area contributed by atoms with Crippen LogP contribution in [0.25, 0.3) is 166 Å². The van der Waals surface area contributed by atoms with Crippen molar-refractivity contribution < 1.29 is 0 Å². The molecule has 0 atom stereocenters. The van der Waals surface area contributed by atoms with Gasteiger partial charge in [-0.05, 0) is 246 Å². The molecular formula is C132H87BN4. The minimum atomic E-state index is -0.609. The molecule has 0 radical (unpaired) electrons. The van der Waals surface area contributed by atoms with Gasteiger partial charge in [-0.1, -0.05) is 409 Å². The molecule has 6 aliphatic rings. The lowest BCUT2D eigenvalue weighted by molar-refractivity contribution is 0.590. The van der Waals surface area contributed by atoms with E-state index >= 15 is 0 Å². The third-order valence-electron chi connectivity index (χ3n) is 31.2. The van der Waals surface area contributed by atoms with Crippen molar-refractivity contribution in [1.82, 2.24) is 9.13 Å². The Hall–Kier alpha value is -17.1. The van der Waals surface area contributed by atoms with Gasteiger partial charge in [0.1, 0.15) is 0 Å². The Labute approximate surface area is 797 Å². The second kappa shape index (κ2) is 29.2. The first-order valence-electron chi connectivity index (χ1n) is 48.1. The number of anilines is 6. The van der Waals surface area contributed by atoms with Gasteiger partial charge < -0.3 is 18.9 Å². The summed E-state index contributed by atoms with van der Waals surface area (Å²) in [6.45, 7) is 6.91. The van der Waals surface area contributed by atoms with Crippen LogP contribution < -0.4 is 26.2 Å². The summed E-state index contributed by atoms with van der Waals surface area (Å²) in [5, 5.41) is 4.96. The van der Waals surface area contributed by atoms with E-state index in [0.29, 0.717) is 0 Å². The van der Waals surface area contributed by atoms with Crippen molar-refractivity contribution in [2.24, 2.45) is 0 Å². The van der Waals surface area contributed by atoms with Crippen LogP contribution in [-0.2, 0) is 16.2 Å². The molecule has 29 rings (SSSR count). The second-order valence-corrected chi connectivity index (χ2v) is 39.0. The van der Waals surface area contributed by atoms with Gasteiger partial charge in [-0.3, -0.25) is 0 Å². The second-order valence-electron chi connectivity index (χ2n) is 39.0. The molecule has 2 aromatic heterocycles. The standard InChI is InChI=1S/C132H87BN4/c1-130(2,3)90-78-121-127-122(79-90)137(129-105(86-46-18-8-19-47-86)76-89(83-40-12-5-13-41-83)77-106(129)87-48-20-9-21-49-87)120-81-92(135-116-65-37-29-57-102(116)124-118(135)73-69-100-98-55-27-35-63-112(98)132(126(100)124)109-60-32-24-52-95(109)96-53-25-33-61-110(96)132)67-71-114(120)133(127)113-70-66-91(80-119(113)136(121)128-103(84-42-14-6-15-43-84)74-88(82-38-10-4-11-39-82)75-104(128)85-44-16-7-17-45-85)134-115-64-36-28-56-101(115)123-117(134)72-68-99-97-54-26-34-62-111(97)131(125(99)123)107-58-30-22-50-93(107)94-51-23-31-59-108(94)131/h4-81H,1-3H3. The highest BCUT2D eigenvalue weighted by molar-refractivity contribution is 7.00. The molecule has 21 aromatic carbocycles. The summed E-state index contributed by atoms with van der Waals surface area (Å²) >= 11 is 0. The topological polar surface area (TPSA) is 16.3 Å². The number of aromatic nitrogens is 2. The van der Waals surface area contributed by atoms with E-state index < -0.39 is 16.2 Å². The largest absolute Gasteiger partial charge is 0.310 e. The van der Waals surface area contributed by atoms with E-state index in [9.17, 15) is 0 Å². The van der Waals surface area contributed by atoms with Crippen LogP contribution in [0.1, 0.15) is 70.8 Å². The van der Waals surface area contributed by atoms with Crippen LogP contribution >= 0.6 is 0 Å². The molecule has 0 amide bonds. The molecule has 23 aromatic rings. The molecule has 2 spiro atoms. The van der Waals surface area contributed by atoms with Gasteiger partial charge in [-0.15, -0.1) is 0 Å². The molecule has 0 N–H and O–H groups in total. The molecule has 0 bridgehead atoms. The number of benzene rings is 21. The fraction of sp³-hybridized carbons (Fsp3) is 0.0455. The zero-order valence-corrected chi connectivity index (χ0v) is 75.9. The van der Waals surface area contributed by atoms with Gasteiger partial charge in [0.05, 0.1) is 44.3 Å². The first-order chi connectivity index (χ1) is 67.7. The molecule has 638 valence electrons.